The van der Waals surface area contributed by atoms with Gasteiger partial charge in [-0.05, 0) is 24.1 Å². The van der Waals surface area contributed by atoms with E-state index in [0.717, 1.165) is 22.1 Å². The number of H-pyrrole nitrogens is 1. The molecule has 1 aliphatic heterocycles. The topological polar surface area (TPSA) is 86.5 Å². The lowest BCUT2D eigenvalue weighted by Gasteiger charge is -2.26. The van der Waals surface area contributed by atoms with Crippen LogP contribution in [0.5, 0.6) is 0 Å². The number of aromatic nitrogens is 1. The lowest BCUT2D eigenvalue weighted by molar-refractivity contribution is 0.0300. The second-order valence-electron chi connectivity index (χ2n) is 8.67. The molecular formula is C28H28N4O3. The van der Waals surface area contributed by atoms with Crippen molar-refractivity contribution in [2.45, 2.75) is 13.5 Å². The summed E-state index contributed by atoms with van der Waals surface area (Å²) in [6.45, 7) is 4.61. The fourth-order valence-electron chi connectivity index (χ4n) is 4.37. The number of anilines is 1. The zero-order chi connectivity index (χ0) is 24.2. The van der Waals surface area contributed by atoms with E-state index in [-0.39, 0.29) is 11.9 Å². The van der Waals surface area contributed by atoms with Gasteiger partial charge in [0.05, 0.1) is 24.4 Å². The summed E-state index contributed by atoms with van der Waals surface area (Å²) in [5.74, 6) is -0.0712. The standard InChI is InChI=1S/C28H28N4O3/c1-19-10-12-20(13-11-19)18-29-28(34)30-23-9-5-8-22-24(21-6-3-2-4-7-21)26(31-25(22)23)27(33)32-14-16-35-17-15-32/h2-13,31H,14-18H2,1H3,(H2,29,30,34). The normalized spacial score (nSPS) is 13.6. The maximum absolute atomic E-state index is 13.5. The number of aromatic amines is 1. The smallest absolute Gasteiger partial charge is 0.319 e. The van der Waals surface area contributed by atoms with Crippen LogP contribution in [0.2, 0.25) is 0 Å². The number of morpholine rings is 1. The van der Waals surface area contributed by atoms with Crippen molar-refractivity contribution in [2.75, 3.05) is 31.6 Å². The third-order valence-corrected chi connectivity index (χ3v) is 6.23. The second kappa shape index (κ2) is 10.0. The number of benzene rings is 3. The fourth-order valence-corrected chi connectivity index (χ4v) is 4.37. The number of amides is 3. The predicted octanol–water partition coefficient (Wildman–Crippen LogP) is 4.94. The van der Waals surface area contributed by atoms with Crippen molar-refractivity contribution in [1.29, 1.82) is 0 Å². The van der Waals surface area contributed by atoms with Crippen LogP contribution >= 0.6 is 0 Å². The molecule has 7 heteroatoms. The molecule has 178 valence electrons. The van der Waals surface area contributed by atoms with E-state index in [1.54, 1.807) is 0 Å². The largest absolute Gasteiger partial charge is 0.378 e. The number of aryl methyl sites for hydroxylation is 1. The molecule has 0 unspecified atom stereocenters. The van der Waals surface area contributed by atoms with Crippen molar-refractivity contribution in [3.63, 3.8) is 0 Å². The average molecular weight is 469 g/mol. The van der Waals surface area contributed by atoms with Crippen LogP contribution < -0.4 is 10.6 Å². The van der Waals surface area contributed by atoms with Crippen LogP contribution in [0.1, 0.15) is 21.6 Å². The lowest BCUT2D eigenvalue weighted by atomic mass is 10.0. The van der Waals surface area contributed by atoms with Gasteiger partial charge in [0.2, 0.25) is 0 Å². The molecule has 4 aromatic rings. The number of para-hydroxylation sites is 1. The number of ether oxygens (including phenoxy) is 1. The van der Waals surface area contributed by atoms with E-state index in [4.69, 9.17) is 4.74 Å². The minimum absolute atomic E-state index is 0.0712. The second-order valence-corrected chi connectivity index (χ2v) is 8.67. The van der Waals surface area contributed by atoms with Crippen LogP contribution in [-0.2, 0) is 11.3 Å². The molecule has 1 aliphatic rings. The zero-order valence-electron chi connectivity index (χ0n) is 19.6. The summed E-state index contributed by atoms with van der Waals surface area (Å²) in [7, 11) is 0. The molecule has 35 heavy (non-hydrogen) atoms. The lowest BCUT2D eigenvalue weighted by Crippen LogP contribution is -2.41. The fraction of sp³-hybridized carbons (Fsp3) is 0.214. The van der Waals surface area contributed by atoms with Gasteiger partial charge in [-0.3, -0.25) is 4.79 Å². The summed E-state index contributed by atoms with van der Waals surface area (Å²) in [5, 5.41) is 6.74. The van der Waals surface area contributed by atoms with Crippen LogP contribution in [0.25, 0.3) is 22.0 Å². The van der Waals surface area contributed by atoms with Crippen LogP contribution in [0, 0.1) is 6.92 Å². The van der Waals surface area contributed by atoms with Crippen molar-refractivity contribution in [1.82, 2.24) is 15.2 Å². The number of rotatable bonds is 5. The molecule has 1 saturated heterocycles. The van der Waals surface area contributed by atoms with E-state index in [1.807, 2.05) is 84.6 Å². The molecule has 3 aromatic carbocycles. The van der Waals surface area contributed by atoms with Gasteiger partial charge in [0.15, 0.2) is 0 Å². The average Bonchev–Trinajstić information content (AvgIpc) is 3.29. The van der Waals surface area contributed by atoms with Gasteiger partial charge in [0.1, 0.15) is 5.69 Å². The number of nitrogens with zero attached hydrogens (tertiary/aromatic N) is 1. The number of carbonyl (C=O) groups excluding carboxylic acids is 2. The Morgan fingerprint density at radius 2 is 1.69 bits per heavy atom. The molecule has 5 rings (SSSR count). The highest BCUT2D eigenvalue weighted by atomic mass is 16.5. The first-order chi connectivity index (χ1) is 17.1. The predicted molar refractivity (Wildman–Crippen MR) is 137 cm³/mol. The molecule has 2 heterocycles. The van der Waals surface area contributed by atoms with E-state index in [1.165, 1.54) is 5.56 Å². The van der Waals surface area contributed by atoms with E-state index in [0.29, 0.717) is 49.7 Å². The van der Waals surface area contributed by atoms with Crippen molar-refractivity contribution in [3.8, 4) is 11.1 Å². The molecule has 1 fully saturated rings. The summed E-state index contributed by atoms with van der Waals surface area (Å²) in [6.07, 6.45) is 0. The van der Waals surface area contributed by atoms with Crippen LogP contribution in [0.15, 0.2) is 72.8 Å². The molecule has 0 radical (unpaired) electrons. The Kier molecular flexibility index (Phi) is 6.50. The maximum Gasteiger partial charge on any atom is 0.319 e. The van der Waals surface area contributed by atoms with Gasteiger partial charge >= 0.3 is 6.03 Å². The van der Waals surface area contributed by atoms with Crippen molar-refractivity contribution in [2.24, 2.45) is 0 Å². The molecule has 0 saturated carbocycles. The van der Waals surface area contributed by atoms with Crippen molar-refractivity contribution < 1.29 is 14.3 Å². The van der Waals surface area contributed by atoms with E-state index in [9.17, 15) is 9.59 Å². The van der Waals surface area contributed by atoms with Gasteiger partial charge in [0, 0.05) is 30.6 Å². The van der Waals surface area contributed by atoms with Gasteiger partial charge in [0.25, 0.3) is 5.91 Å². The third kappa shape index (κ3) is 4.90. The Morgan fingerprint density at radius 3 is 2.43 bits per heavy atom. The highest BCUT2D eigenvalue weighted by Crippen LogP contribution is 2.36. The first kappa shape index (κ1) is 22.7. The molecule has 3 amide bonds. The first-order valence-corrected chi connectivity index (χ1v) is 11.8. The van der Waals surface area contributed by atoms with Crippen LogP contribution in [0.4, 0.5) is 10.5 Å². The summed E-state index contributed by atoms with van der Waals surface area (Å²) in [6, 6.07) is 23.3. The summed E-state index contributed by atoms with van der Waals surface area (Å²) < 4.78 is 5.42. The molecule has 0 bridgehead atoms. The molecule has 0 aliphatic carbocycles. The first-order valence-electron chi connectivity index (χ1n) is 11.8. The van der Waals surface area contributed by atoms with E-state index >= 15 is 0 Å². The Morgan fingerprint density at radius 1 is 0.943 bits per heavy atom. The Labute approximate surface area is 204 Å². The van der Waals surface area contributed by atoms with Gasteiger partial charge in [-0.25, -0.2) is 4.79 Å². The summed E-state index contributed by atoms with van der Waals surface area (Å²) in [5.41, 5.74) is 5.82. The SMILES string of the molecule is Cc1ccc(CNC(=O)Nc2cccc3c(-c4ccccc4)c(C(=O)N4CCOCC4)[nH]c23)cc1. The number of hydrogen-bond donors (Lipinski definition) is 3. The Hall–Kier alpha value is -4.10. The van der Waals surface area contributed by atoms with E-state index < -0.39 is 0 Å². The number of fused-ring (bicyclic) bond motifs is 1. The Bertz CT molecular complexity index is 1340. The van der Waals surface area contributed by atoms with E-state index in [2.05, 4.69) is 15.6 Å². The monoisotopic (exact) mass is 468 g/mol. The van der Waals surface area contributed by atoms with Gasteiger partial charge in [-0.1, -0.05) is 72.3 Å². The Balaban J connectivity index is 1.46. The molecule has 7 nitrogen and oxygen atoms in total. The number of urea groups is 1. The highest BCUT2D eigenvalue weighted by molar-refractivity contribution is 6.13. The molecular weight excluding hydrogens is 440 g/mol. The minimum Gasteiger partial charge on any atom is -0.378 e. The molecule has 1 aromatic heterocycles. The van der Waals surface area contributed by atoms with Crippen molar-refractivity contribution in [3.05, 3.63) is 89.6 Å². The maximum atomic E-state index is 13.5. The molecule has 0 spiro atoms. The summed E-state index contributed by atoms with van der Waals surface area (Å²) in [4.78, 5) is 31.4. The van der Waals surface area contributed by atoms with Gasteiger partial charge in [-0.15, -0.1) is 0 Å². The van der Waals surface area contributed by atoms with Gasteiger partial charge < -0.3 is 25.3 Å². The van der Waals surface area contributed by atoms with Crippen LogP contribution in [0.3, 0.4) is 0 Å². The zero-order valence-corrected chi connectivity index (χ0v) is 19.6. The third-order valence-electron chi connectivity index (χ3n) is 6.23. The number of nitrogens with one attached hydrogen (secondary N) is 3. The quantitative estimate of drug-likeness (QED) is 0.388. The van der Waals surface area contributed by atoms with Gasteiger partial charge in [-0.2, -0.15) is 0 Å². The minimum atomic E-state index is -0.310. The molecule has 0 atom stereocenters. The number of hydrogen-bond acceptors (Lipinski definition) is 3. The van der Waals surface area contributed by atoms with Crippen LogP contribution in [-0.4, -0.2) is 48.1 Å². The number of carbonyl (C=O) groups is 2. The summed E-state index contributed by atoms with van der Waals surface area (Å²) >= 11 is 0. The highest BCUT2D eigenvalue weighted by Gasteiger charge is 2.26. The van der Waals surface area contributed by atoms with Crippen molar-refractivity contribution >= 4 is 28.5 Å². The molecule has 3 N–H and O–H groups in total.